The van der Waals surface area contributed by atoms with Crippen LogP contribution in [0, 0.1) is 0 Å². The summed E-state index contributed by atoms with van der Waals surface area (Å²) in [5.41, 5.74) is 3.24. The molecule has 0 bridgehead atoms. The van der Waals surface area contributed by atoms with E-state index in [9.17, 15) is 15.0 Å². The van der Waals surface area contributed by atoms with Gasteiger partial charge in [0.2, 0.25) is 0 Å². The van der Waals surface area contributed by atoms with Gasteiger partial charge in [0.25, 0.3) is 0 Å². The molecule has 8 heteroatoms. The predicted octanol–water partition coefficient (Wildman–Crippen LogP) is 4.70. The van der Waals surface area contributed by atoms with Gasteiger partial charge in [-0.25, -0.2) is 0 Å². The average molecular weight is 601 g/mol. The second-order valence-electron chi connectivity index (χ2n) is 9.59. The van der Waals surface area contributed by atoms with Crippen LogP contribution in [-0.2, 0) is 27.8 Å². The smallest absolute Gasteiger partial charge is 0.861 e. The minimum absolute atomic E-state index is 0. The Hall–Kier alpha value is -3.25. The molecule has 1 saturated heterocycles. The van der Waals surface area contributed by atoms with E-state index >= 15 is 0 Å². The number of nitrogens with zero attached hydrogens (tertiary/aromatic N) is 3. The molecule has 0 spiro atoms. The summed E-state index contributed by atoms with van der Waals surface area (Å²) in [5.74, 6) is -1.47. The molecule has 1 fully saturated rings. The molecular formula is C32H32ClN3NiO3. The summed E-state index contributed by atoms with van der Waals surface area (Å²) in [6, 6.07) is 22.9. The first-order chi connectivity index (χ1) is 19.0. The molecule has 3 aromatic carbocycles. The molecule has 1 unspecified atom stereocenters. The number of unbranched alkanes of at least 4 members (excludes halogenated alkanes) is 1. The van der Waals surface area contributed by atoms with E-state index in [4.69, 9.17) is 11.6 Å². The van der Waals surface area contributed by atoms with E-state index in [0.717, 1.165) is 24.1 Å². The Morgan fingerprint density at radius 2 is 1.75 bits per heavy atom. The second kappa shape index (κ2) is 15.5. The Morgan fingerprint density at radius 3 is 2.48 bits per heavy atom. The van der Waals surface area contributed by atoms with Crippen LogP contribution in [0.2, 0.25) is 5.02 Å². The van der Waals surface area contributed by atoms with Crippen LogP contribution in [0.4, 0.5) is 5.69 Å². The van der Waals surface area contributed by atoms with Gasteiger partial charge >= 0.3 is 16.5 Å². The summed E-state index contributed by atoms with van der Waals surface area (Å²) < 4.78 is 0. The largest absolute Gasteiger partial charge is 2.00 e. The van der Waals surface area contributed by atoms with Gasteiger partial charge in [0.05, 0.1) is 23.4 Å². The monoisotopic (exact) mass is 599 g/mol. The first-order valence-electron chi connectivity index (χ1n) is 13.3. The van der Waals surface area contributed by atoms with Gasteiger partial charge in [0, 0.05) is 28.7 Å². The number of carboxylic acid groups (broad SMARTS) is 1. The number of carbonyl (C=O) groups excluding carboxylic acids is 1. The molecule has 1 aliphatic rings. The zero-order valence-electron chi connectivity index (χ0n) is 22.2. The first kappa shape index (κ1) is 31.3. The molecule has 40 heavy (non-hydrogen) atoms. The minimum atomic E-state index is -1.24. The third-order valence-electron chi connectivity index (χ3n) is 6.86. The fraction of sp³-hybridized carbons (Fsp3) is 0.281. The molecule has 1 heterocycles. The van der Waals surface area contributed by atoms with E-state index in [1.807, 2.05) is 72.8 Å². The van der Waals surface area contributed by atoms with Crippen LogP contribution in [0.15, 0.2) is 102 Å². The van der Waals surface area contributed by atoms with Crippen LogP contribution < -0.4 is 10.2 Å². The summed E-state index contributed by atoms with van der Waals surface area (Å²) in [6.45, 7) is 5.07. The Kier molecular flexibility index (Phi) is 12.1. The van der Waals surface area contributed by atoms with Gasteiger partial charge in [-0.3, -0.25) is 14.9 Å². The molecule has 4 rings (SSSR count). The van der Waals surface area contributed by atoms with Gasteiger partial charge in [-0.15, -0.1) is 6.58 Å². The molecule has 0 saturated carbocycles. The number of benzene rings is 3. The number of para-hydroxylation sites is 1. The summed E-state index contributed by atoms with van der Waals surface area (Å²) in [4.78, 5) is 23.3. The maximum Gasteiger partial charge on any atom is 2.00 e. The van der Waals surface area contributed by atoms with Crippen LogP contribution in [-0.4, -0.2) is 41.1 Å². The molecule has 0 aliphatic carbocycles. The van der Waals surface area contributed by atoms with Crippen LogP contribution in [0.25, 0.3) is 0 Å². The fourth-order valence-corrected chi connectivity index (χ4v) is 5.04. The van der Waals surface area contributed by atoms with E-state index in [1.165, 1.54) is 0 Å². The zero-order valence-corrected chi connectivity index (χ0v) is 23.9. The molecule has 0 amide bonds. The fourth-order valence-electron chi connectivity index (χ4n) is 4.85. The van der Waals surface area contributed by atoms with E-state index in [1.54, 1.807) is 12.1 Å². The third-order valence-corrected chi connectivity index (χ3v) is 7.23. The van der Waals surface area contributed by atoms with E-state index in [0.29, 0.717) is 54.2 Å². The van der Waals surface area contributed by atoms with Crippen LogP contribution in [0.5, 0.6) is 0 Å². The maximum atomic E-state index is 13.5. The van der Waals surface area contributed by atoms with Crippen molar-refractivity contribution in [3.63, 3.8) is 0 Å². The van der Waals surface area contributed by atoms with Crippen LogP contribution in [0.1, 0.15) is 48.8 Å². The summed E-state index contributed by atoms with van der Waals surface area (Å²) in [5, 5.41) is 26.2. The molecule has 2 atom stereocenters. The van der Waals surface area contributed by atoms with Gasteiger partial charge in [-0.05, 0) is 62.2 Å². The average Bonchev–Trinajstić information content (AvgIpc) is 3.41. The van der Waals surface area contributed by atoms with Crippen molar-refractivity contribution in [3.05, 3.63) is 113 Å². The van der Waals surface area contributed by atoms with Gasteiger partial charge in [-0.1, -0.05) is 84.4 Å². The van der Waals surface area contributed by atoms with Crippen molar-refractivity contribution in [2.45, 2.75) is 50.7 Å². The Balaban J connectivity index is 0.00000441. The standard InChI is InChI=1S/C32H34ClN3O3.Ni/c1-2-3-5-19-28(32(38)39)34-30(23-13-6-4-7-14-23)25-16-9-11-18-27(25)35-31(37)29-20-12-21-36(29)22-24-15-8-10-17-26(24)33;/h2,4,6-11,13-18,28-29H,1,3,5,12,19-22H2,(H,35,37)(H,38,39);/q;+2/p-2/t28-,29?;/m1./s1. The van der Waals surface area contributed by atoms with E-state index < -0.39 is 12.0 Å². The number of carbonyl (C=O) groups is 1. The van der Waals surface area contributed by atoms with Gasteiger partial charge in [0.1, 0.15) is 0 Å². The number of halogens is 1. The molecule has 3 aromatic rings. The van der Waals surface area contributed by atoms with Gasteiger partial charge in [0.15, 0.2) is 0 Å². The van der Waals surface area contributed by atoms with Crippen molar-refractivity contribution >= 4 is 34.9 Å². The normalized spacial score (nSPS) is 16.8. The molecule has 1 aliphatic heterocycles. The van der Waals surface area contributed by atoms with Crippen molar-refractivity contribution in [2.24, 2.45) is 9.98 Å². The van der Waals surface area contributed by atoms with Crippen LogP contribution in [0.3, 0.4) is 0 Å². The Morgan fingerprint density at radius 1 is 1.05 bits per heavy atom. The molecule has 6 nitrogen and oxygen atoms in total. The van der Waals surface area contributed by atoms with Crippen molar-refractivity contribution in [1.29, 1.82) is 0 Å². The summed E-state index contributed by atoms with van der Waals surface area (Å²) >= 11 is 6.38. The molecular weight excluding hydrogens is 569 g/mol. The number of rotatable bonds is 12. The Bertz CT molecular complexity index is 1350. The third kappa shape index (κ3) is 8.14. The molecule has 0 aromatic heterocycles. The first-order valence-corrected chi connectivity index (χ1v) is 13.6. The second-order valence-corrected chi connectivity index (χ2v) is 9.99. The predicted molar refractivity (Wildman–Crippen MR) is 153 cm³/mol. The minimum Gasteiger partial charge on any atom is -0.861 e. The van der Waals surface area contributed by atoms with Gasteiger partial charge < -0.3 is 15.0 Å². The van der Waals surface area contributed by atoms with E-state index in [2.05, 4.69) is 21.5 Å². The van der Waals surface area contributed by atoms with Crippen molar-refractivity contribution in [3.8, 4) is 0 Å². The quantitative estimate of drug-likeness (QED) is 0.0991. The number of hydrogen-bond acceptors (Lipinski definition) is 6. The summed E-state index contributed by atoms with van der Waals surface area (Å²) in [6.07, 6.45) is 5.00. The number of hydrogen-bond donors (Lipinski definition) is 0. The number of allylic oxidation sites excluding steroid dienone is 1. The van der Waals surface area contributed by atoms with Gasteiger partial charge in [-0.2, -0.15) is 0 Å². The zero-order chi connectivity index (χ0) is 27.6. The molecule has 210 valence electrons. The van der Waals surface area contributed by atoms with Crippen LogP contribution >= 0.6 is 11.6 Å². The van der Waals surface area contributed by atoms with Crippen molar-refractivity contribution in [2.75, 3.05) is 6.54 Å². The SMILES string of the molecule is C=CCCC[C@@H](N=C(c1ccccc1)c1ccccc1N=C([O-])C1CCCN1Cc1ccccc1Cl)C(=O)[O-].[Ni+2]. The number of aliphatic imine (C=N–C) groups is 2. The Labute approximate surface area is 251 Å². The molecule has 0 radical (unpaired) electrons. The molecule has 0 N–H and O–H groups in total. The number of aliphatic carboxylic acids is 1. The van der Waals surface area contributed by atoms with Crippen molar-refractivity contribution in [1.82, 2.24) is 4.90 Å². The topological polar surface area (TPSA) is 91.2 Å². The maximum absolute atomic E-state index is 13.5. The van der Waals surface area contributed by atoms with Crippen molar-refractivity contribution < 1.29 is 31.5 Å². The summed E-state index contributed by atoms with van der Waals surface area (Å²) in [7, 11) is 0. The van der Waals surface area contributed by atoms with E-state index in [-0.39, 0.29) is 28.4 Å². The number of likely N-dealkylation sites (tertiary alicyclic amines) is 1. The number of carboxylic acids is 1.